The number of aromatic nitrogens is 1. The molecule has 0 unspecified atom stereocenters. The van der Waals surface area contributed by atoms with E-state index >= 15 is 0 Å². The monoisotopic (exact) mass is 339 g/mol. The molecule has 0 radical (unpaired) electrons. The molecule has 4 N–H and O–H groups in total. The molecule has 1 aromatic heterocycles. The van der Waals surface area contributed by atoms with Gasteiger partial charge in [-0.3, -0.25) is 4.79 Å². The Kier molecular flexibility index (Phi) is 5.79. The second kappa shape index (κ2) is 8.02. The molecule has 0 aliphatic heterocycles. The zero-order valence-electron chi connectivity index (χ0n) is 14.5. The van der Waals surface area contributed by atoms with Crippen LogP contribution in [0.5, 0.6) is 5.88 Å². The van der Waals surface area contributed by atoms with E-state index in [2.05, 4.69) is 15.6 Å². The first-order valence-electron chi connectivity index (χ1n) is 7.96. The maximum atomic E-state index is 11.9. The number of pyridine rings is 1. The smallest absolute Gasteiger partial charge is 0.251 e. The molecule has 0 fully saturated rings. The lowest BCUT2D eigenvalue weighted by Gasteiger charge is -2.12. The van der Waals surface area contributed by atoms with E-state index in [1.807, 2.05) is 19.9 Å². The molecule has 0 aliphatic carbocycles. The Balaban J connectivity index is 2.20. The summed E-state index contributed by atoms with van der Waals surface area (Å²) in [5.74, 6) is 0.528. The van der Waals surface area contributed by atoms with Crippen molar-refractivity contribution < 1.29 is 9.53 Å². The Hall–Kier alpha value is -3.27. The van der Waals surface area contributed by atoms with Gasteiger partial charge >= 0.3 is 0 Å². The summed E-state index contributed by atoms with van der Waals surface area (Å²) in [6.07, 6.45) is 0. The van der Waals surface area contributed by atoms with Gasteiger partial charge in [0.25, 0.3) is 5.91 Å². The summed E-state index contributed by atoms with van der Waals surface area (Å²) in [5.41, 5.74) is 7.70. The van der Waals surface area contributed by atoms with Gasteiger partial charge in [0.2, 0.25) is 5.88 Å². The average Bonchev–Trinajstić information content (AvgIpc) is 2.55. The van der Waals surface area contributed by atoms with Crippen molar-refractivity contribution in [3.05, 3.63) is 41.5 Å². The first-order valence-corrected chi connectivity index (χ1v) is 7.96. The Morgan fingerprint density at radius 3 is 2.60 bits per heavy atom. The van der Waals surface area contributed by atoms with Crippen LogP contribution in [0.3, 0.4) is 0 Å². The van der Waals surface area contributed by atoms with Crippen LogP contribution in [0.25, 0.3) is 0 Å². The van der Waals surface area contributed by atoms with Gasteiger partial charge in [0.1, 0.15) is 17.5 Å². The molecule has 0 bridgehead atoms. The minimum absolute atomic E-state index is 0.0770. The first kappa shape index (κ1) is 18.1. The van der Waals surface area contributed by atoms with Crippen LogP contribution in [0.4, 0.5) is 17.2 Å². The molecule has 1 heterocycles. The summed E-state index contributed by atoms with van der Waals surface area (Å²) in [4.78, 5) is 16.2. The van der Waals surface area contributed by atoms with Crippen LogP contribution in [-0.2, 0) is 0 Å². The molecule has 7 nitrogen and oxygen atoms in total. The number of nitriles is 1. The number of rotatable bonds is 6. The van der Waals surface area contributed by atoms with Crippen molar-refractivity contribution in [3.63, 3.8) is 0 Å². The minimum atomic E-state index is -0.124. The lowest BCUT2D eigenvalue weighted by Crippen LogP contribution is -2.29. The SMILES string of the molecule is CCOc1nc(Nc2ccc(C(=O)NC(C)C)cc2)cc(N)c1C#N. The number of carbonyl (C=O) groups is 1. The summed E-state index contributed by atoms with van der Waals surface area (Å²) in [6, 6.07) is 10.6. The van der Waals surface area contributed by atoms with E-state index in [0.717, 1.165) is 5.69 Å². The number of nitrogens with one attached hydrogen (secondary N) is 2. The zero-order chi connectivity index (χ0) is 18.4. The third kappa shape index (κ3) is 4.61. The van der Waals surface area contributed by atoms with Crippen LogP contribution in [0.15, 0.2) is 30.3 Å². The Labute approximate surface area is 146 Å². The maximum Gasteiger partial charge on any atom is 0.251 e. The summed E-state index contributed by atoms with van der Waals surface area (Å²) >= 11 is 0. The van der Waals surface area contributed by atoms with Gasteiger partial charge in [-0.25, -0.2) is 0 Å². The van der Waals surface area contributed by atoms with E-state index in [1.165, 1.54) is 0 Å². The number of ether oxygens (including phenoxy) is 1. The van der Waals surface area contributed by atoms with Gasteiger partial charge in [-0.2, -0.15) is 10.2 Å². The van der Waals surface area contributed by atoms with Crippen LogP contribution in [0.2, 0.25) is 0 Å². The van der Waals surface area contributed by atoms with E-state index in [4.69, 9.17) is 15.7 Å². The summed E-state index contributed by atoms with van der Waals surface area (Å²) < 4.78 is 5.37. The normalized spacial score (nSPS) is 10.2. The molecule has 0 saturated heterocycles. The molecule has 0 aliphatic rings. The predicted molar refractivity (Wildman–Crippen MR) is 96.9 cm³/mol. The number of nitrogens with zero attached hydrogens (tertiary/aromatic N) is 2. The van der Waals surface area contributed by atoms with E-state index in [0.29, 0.717) is 18.0 Å². The largest absolute Gasteiger partial charge is 0.477 e. The van der Waals surface area contributed by atoms with Gasteiger partial charge in [0.05, 0.1) is 12.3 Å². The minimum Gasteiger partial charge on any atom is -0.477 e. The number of nitrogen functional groups attached to an aromatic ring is 1. The Morgan fingerprint density at radius 2 is 2.04 bits per heavy atom. The number of hydrogen-bond acceptors (Lipinski definition) is 6. The fourth-order valence-corrected chi connectivity index (χ4v) is 2.16. The number of anilines is 3. The van der Waals surface area contributed by atoms with E-state index in [9.17, 15) is 4.79 Å². The second-order valence-corrected chi connectivity index (χ2v) is 5.65. The van der Waals surface area contributed by atoms with Crippen molar-refractivity contribution in [3.8, 4) is 11.9 Å². The van der Waals surface area contributed by atoms with Crippen LogP contribution < -0.4 is 21.1 Å². The van der Waals surface area contributed by atoms with Crippen LogP contribution in [0.1, 0.15) is 36.7 Å². The van der Waals surface area contributed by atoms with Crippen molar-refractivity contribution in [2.45, 2.75) is 26.8 Å². The van der Waals surface area contributed by atoms with Gasteiger partial charge in [-0.1, -0.05) is 0 Å². The standard InChI is InChI=1S/C18H21N5O2/c1-4-25-18-14(10-19)15(20)9-16(23-18)22-13-7-5-12(6-8-13)17(24)21-11(2)3/h5-9,11H,4H2,1-3H3,(H,21,24)(H3,20,22,23). The molecule has 0 saturated carbocycles. The third-order valence-corrected chi connectivity index (χ3v) is 3.25. The average molecular weight is 339 g/mol. The summed E-state index contributed by atoms with van der Waals surface area (Å²) in [7, 11) is 0. The highest BCUT2D eigenvalue weighted by Gasteiger charge is 2.12. The van der Waals surface area contributed by atoms with E-state index in [1.54, 1.807) is 37.3 Å². The van der Waals surface area contributed by atoms with Gasteiger partial charge in [-0.05, 0) is 45.0 Å². The van der Waals surface area contributed by atoms with Crippen LogP contribution in [-0.4, -0.2) is 23.5 Å². The van der Waals surface area contributed by atoms with Crippen molar-refractivity contribution >= 4 is 23.1 Å². The fourth-order valence-electron chi connectivity index (χ4n) is 2.16. The highest BCUT2D eigenvalue weighted by Crippen LogP contribution is 2.27. The number of nitrogens with two attached hydrogens (primary N) is 1. The Morgan fingerprint density at radius 1 is 1.36 bits per heavy atom. The Bertz CT molecular complexity index is 794. The topological polar surface area (TPSA) is 113 Å². The molecule has 2 rings (SSSR count). The first-order chi connectivity index (χ1) is 11.9. The molecule has 130 valence electrons. The third-order valence-electron chi connectivity index (χ3n) is 3.25. The van der Waals surface area contributed by atoms with Gasteiger partial charge in [0, 0.05) is 23.4 Å². The van der Waals surface area contributed by atoms with Crippen molar-refractivity contribution in [2.75, 3.05) is 17.7 Å². The molecule has 1 amide bonds. The molecule has 1 aromatic carbocycles. The molecule has 2 aromatic rings. The summed E-state index contributed by atoms with van der Waals surface area (Å²) in [6.45, 7) is 6.00. The highest BCUT2D eigenvalue weighted by atomic mass is 16.5. The van der Waals surface area contributed by atoms with Gasteiger partial charge in [0.15, 0.2) is 0 Å². The molecule has 0 spiro atoms. The zero-order valence-corrected chi connectivity index (χ0v) is 14.5. The molecule has 25 heavy (non-hydrogen) atoms. The number of benzene rings is 1. The van der Waals surface area contributed by atoms with Gasteiger partial charge < -0.3 is 21.1 Å². The number of carbonyl (C=O) groups excluding carboxylic acids is 1. The lowest BCUT2D eigenvalue weighted by atomic mass is 10.2. The predicted octanol–water partition coefficient (Wildman–Crippen LogP) is 2.82. The quantitative estimate of drug-likeness (QED) is 0.746. The lowest BCUT2D eigenvalue weighted by molar-refractivity contribution is 0.0943. The highest BCUT2D eigenvalue weighted by molar-refractivity contribution is 5.94. The summed E-state index contributed by atoms with van der Waals surface area (Å²) in [5, 5.41) is 15.1. The van der Waals surface area contributed by atoms with Crippen LogP contribution >= 0.6 is 0 Å². The van der Waals surface area contributed by atoms with E-state index < -0.39 is 0 Å². The van der Waals surface area contributed by atoms with Crippen molar-refractivity contribution in [2.24, 2.45) is 0 Å². The molecule has 0 atom stereocenters. The molecular weight excluding hydrogens is 318 g/mol. The fraction of sp³-hybridized carbons (Fsp3) is 0.278. The van der Waals surface area contributed by atoms with Crippen molar-refractivity contribution in [1.29, 1.82) is 5.26 Å². The van der Waals surface area contributed by atoms with Crippen molar-refractivity contribution in [1.82, 2.24) is 10.3 Å². The molecular formula is C18H21N5O2. The number of amides is 1. The molecule has 7 heteroatoms. The number of hydrogen-bond donors (Lipinski definition) is 3. The maximum absolute atomic E-state index is 11.9. The van der Waals surface area contributed by atoms with Gasteiger partial charge in [-0.15, -0.1) is 0 Å². The van der Waals surface area contributed by atoms with E-state index in [-0.39, 0.29) is 29.1 Å². The second-order valence-electron chi connectivity index (χ2n) is 5.65. The van der Waals surface area contributed by atoms with Crippen LogP contribution in [0, 0.1) is 11.3 Å².